The molecule has 0 radical (unpaired) electrons. The third-order valence-corrected chi connectivity index (χ3v) is 4.73. The van der Waals surface area contributed by atoms with Gasteiger partial charge < -0.3 is 10.6 Å². The first-order chi connectivity index (χ1) is 10.1. The van der Waals surface area contributed by atoms with Crippen LogP contribution in [0.3, 0.4) is 0 Å². The predicted octanol–water partition coefficient (Wildman–Crippen LogP) is 5.21. The van der Waals surface area contributed by atoms with Gasteiger partial charge in [-0.05, 0) is 26.4 Å². The lowest BCUT2D eigenvalue weighted by Crippen LogP contribution is -2.36. The maximum atomic E-state index is 5.83. The highest BCUT2D eigenvalue weighted by Crippen LogP contribution is 2.18. The largest absolute Gasteiger partial charge is 0.329 e. The van der Waals surface area contributed by atoms with E-state index >= 15 is 0 Å². The van der Waals surface area contributed by atoms with Gasteiger partial charge in [0, 0.05) is 12.6 Å². The van der Waals surface area contributed by atoms with Crippen molar-refractivity contribution in [2.24, 2.45) is 11.7 Å². The number of nitrogens with zero attached hydrogens (tertiary/aromatic N) is 1. The number of likely N-dealkylation sites (N-methyl/N-ethyl adjacent to an activating group) is 1. The van der Waals surface area contributed by atoms with Crippen LogP contribution in [-0.4, -0.2) is 31.6 Å². The molecule has 0 saturated carbocycles. The van der Waals surface area contributed by atoms with E-state index in [1.807, 2.05) is 0 Å². The molecule has 0 bridgehead atoms. The van der Waals surface area contributed by atoms with Crippen LogP contribution in [0.25, 0.3) is 0 Å². The minimum Gasteiger partial charge on any atom is -0.329 e. The van der Waals surface area contributed by atoms with Crippen molar-refractivity contribution in [3.63, 3.8) is 0 Å². The van der Waals surface area contributed by atoms with Crippen LogP contribution in [0.5, 0.6) is 0 Å². The molecule has 2 nitrogen and oxygen atoms in total. The van der Waals surface area contributed by atoms with Gasteiger partial charge in [0.1, 0.15) is 0 Å². The Morgan fingerprint density at radius 1 is 0.810 bits per heavy atom. The van der Waals surface area contributed by atoms with Crippen LogP contribution < -0.4 is 5.73 Å². The molecule has 0 amide bonds. The van der Waals surface area contributed by atoms with E-state index in [9.17, 15) is 0 Å². The summed E-state index contributed by atoms with van der Waals surface area (Å²) in [5, 5.41) is 0. The van der Waals surface area contributed by atoms with E-state index in [4.69, 9.17) is 5.73 Å². The Kier molecular flexibility index (Phi) is 14.8. The lowest BCUT2D eigenvalue weighted by atomic mass is 9.94. The normalized spacial score (nSPS) is 14.6. The molecule has 0 aromatic rings. The van der Waals surface area contributed by atoms with Crippen molar-refractivity contribution in [2.75, 3.05) is 20.6 Å². The Balaban J connectivity index is 3.34. The second-order valence-corrected chi connectivity index (χ2v) is 7.16. The van der Waals surface area contributed by atoms with Crippen LogP contribution in [0.1, 0.15) is 90.9 Å². The van der Waals surface area contributed by atoms with E-state index in [1.54, 1.807) is 0 Å². The highest BCUT2D eigenvalue weighted by atomic mass is 15.1. The Hall–Kier alpha value is -0.0800. The third kappa shape index (κ3) is 13.3. The van der Waals surface area contributed by atoms with Gasteiger partial charge in [0.25, 0.3) is 0 Å². The quantitative estimate of drug-likeness (QED) is 0.420. The molecule has 0 aliphatic heterocycles. The summed E-state index contributed by atoms with van der Waals surface area (Å²) >= 11 is 0. The number of unbranched alkanes of at least 4 members (excludes halogenated alkanes) is 9. The average Bonchev–Trinajstić information content (AvgIpc) is 2.46. The molecule has 2 heteroatoms. The zero-order chi connectivity index (χ0) is 15.9. The van der Waals surface area contributed by atoms with Crippen molar-refractivity contribution in [3.05, 3.63) is 0 Å². The number of rotatable bonds is 15. The summed E-state index contributed by atoms with van der Waals surface area (Å²) in [5.41, 5.74) is 5.83. The lowest BCUT2D eigenvalue weighted by molar-refractivity contribution is 0.248. The molecule has 0 aromatic carbocycles. The van der Waals surface area contributed by atoms with Crippen LogP contribution >= 0.6 is 0 Å². The topological polar surface area (TPSA) is 29.3 Å². The standard InChI is InChI=1S/C19H42N2/c1-5-6-7-8-9-10-11-12-13-14-15-18(2)16-19(17-20)21(3)4/h18-19H,5-17,20H2,1-4H3/t18-,19+/m1/s1. The van der Waals surface area contributed by atoms with Crippen molar-refractivity contribution in [3.8, 4) is 0 Å². The van der Waals surface area contributed by atoms with Gasteiger partial charge in [-0.25, -0.2) is 0 Å². The molecule has 0 aromatic heterocycles. The summed E-state index contributed by atoms with van der Waals surface area (Å²) in [6.07, 6.45) is 16.9. The third-order valence-electron chi connectivity index (χ3n) is 4.73. The van der Waals surface area contributed by atoms with E-state index in [0.29, 0.717) is 6.04 Å². The second kappa shape index (κ2) is 14.8. The predicted molar refractivity (Wildman–Crippen MR) is 96.8 cm³/mol. The summed E-state index contributed by atoms with van der Waals surface area (Å²) in [5.74, 6) is 0.815. The van der Waals surface area contributed by atoms with E-state index in [2.05, 4.69) is 32.8 Å². The zero-order valence-corrected chi connectivity index (χ0v) is 15.4. The Morgan fingerprint density at radius 3 is 1.71 bits per heavy atom. The molecule has 128 valence electrons. The first-order valence-corrected chi connectivity index (χ1v) is 9.48. The molecular formula is C19H42N2. The number of hydrogen-bond donors (Lipinski definition) is 1. The molecule has 0 spiro atoms. The van der Waals surface area contributed by atoms with Crippen molar-refractivity contribution in [1.82, 2.24) is 4.90 Å². The molecule has 0 unspecified atom stereocenters. The fraction of sp³-hybridized carbons (Fsp3) is 1.00. The van der Waals surface area contributed by atoms with Gasteiger partial charge in [0.05, 0.1) is 0 Å². The van der Waals surface area contributed by atoms with Gasteiger partial charge in [0.15, 0.2) is 0 Å². The molecule has 0 rings (SSSR count). The van der Waals surface area contributed by atoms with Crippen molar-refractivity contribution in [1.29, 1.82) is 0 Å². The van der Waals surface area contributed by atoms with Crippen LogP contribution in [-0.2, 0) is 0 Å². The molecular weight excluding hydrogens is 256 g/mol. The highest BCUT2D eigenvalue weighted by Gasteiger charge is 2.13. The summed E-state index contributed by atoms with van der Waals surface area (Å²) in [7, 11) is 4.29. The van der Waals surface area contributed by atoms with E-state index in [0.717, 1.165) is 12.5 Å². The lowest BCUT2D eigenvalue weighted by Gasteiger charge is -2.25. The molecule has 0 heterocycles. The number of nitrogens with two attached hydrogens (primary N) is 1. The molecule has 2 N–H and O–H groups in total. The van der Waals surface area contributed by atoms with E-state index in [-0.39, 0.29) is 0 Å². The molecule has 0 saturated heterocycles. The van der Waals surface area contributed by atoms with Crippen molar-refractivity contribution < 1.29 is 0 Å². The summed E-state index contributed by atoms with van der Waals surface area (Å²) in [6.45, 7) is 5.46. The molecule has 0 aliphatic carbocycles. The van der Waals surface area contributed by atoms with Gasteiger partial charge in [-0.15, -0.1) is 0 Å². The summed E-state index contributed by atoms with van der Waals surface area (Å²) in [6, 6.07) is 0.558. The first kappa shape index (κ1) is 20.9. The van der Waals surface area contributed by atoms with Gasteiger partial charge in [-0.1, -0.05) is 84.5 Å². The van der Waals surface area contributed by atoms with Crippen molar-refractivity contribution in [2.45, 2.75) is 96.9 Å². The van der Waals surface area contributed by atoms with Gasteiger partial charge >= 0.3 is 0 Å². The molecule has 2 atom stereocenters. The maximum absolute atomic E-state index is 5.83. The van der Waals surface area contributed by atoms with Crippen LogP contribution in [0.2, 0.25) is 0 Å². The van der Waals surface area contributed by atoms with Gasteiger partial charge in [0.2, 0.25) is 0 Å². The molecule has 0 fully saturated rings. The Morgan fingerprint density at radius 2 is 1.29 bits per heavy atom. The molecule has 21 heavy (non-hydrogen) atoms. The van der Waals surface area contributed by atoms with Crippen LogP contribution in [0.15, 0.2) is 0 Å². The fourth-order valence-electron chi connectivity index (χ4n) is 3.08. The number of hydrogen-bond acceptors (Lipinski definition) is 2. The van der Waals surface area contributed by atoms with E-state index in [1.165, 1.54) is 77.0 Å². The average molecular weight is 299 g/mol. The zero-order valence-electron chi connectivity index (χ0n) is 15.4. The fourth-order valence-corrected chi connectivity index (χ4v) is 3.08. The summed E-state index contributed by atoms with van der Waals surface area (Å²) in [4.78, 5) is 2.27. The van der Waals surface area contributed by atoms with E-state index < -0.39 is 0 Å². The Labute approximate surface area is 134 Å². The first-order valence-electron chi connectivity index (χ1n) is 9.48. The molecule has 0 aliphatic rings. The maximum Gasteiger partial charge on any atom is 0.0214 e. The minimum absolute atomic E-state index is 0.558. The highest BCUT2D eigenvalue weighted by molar-refractivity contribution is 4.70. The minimum atomic E-state index is 0.558. The van der Waals surface area contributed by atoms with Crippen LogP contribution in [0.4, 0.5) is 0 Å². The monoisotopic (exact) mass is 298 g/mol. The smallest absolute Gasteiger partial charge is 0.0214 e. The van der Waals surface area contributed by atoms with Gasteiger partial charge in [-0.3, -0.25) is 0 Å². The van der Waals surface area contributed by atoms with Crippen molar-refractivity contribution >= 4 is 0 Å². The van der Waals surface area contributed by atoms with Crippen LogP contribution in [0, 0.1) is 5.92 Å². The second-order valence-electron chi connectivity index (χ2n) is 7.16. The Bertz CT molecular complexity index is 204. The summed E-state index contributed by atoms with van der Waals surface area (Å²) < 4.78 is 0. The SMILES string of the molecule is CCCCCCCCCCCC[C@@H](C)C[C@@H](CN)N(C)C. The van der Waals surface area contributed by atoms with Gasteiger partial charge in [-0.2, -0.15) is 0 Å².